The zero-order valence-corrected chi connectivity index (χ0v) is 13.8. The second-order valence-corrected chi connectivity index (χ2v) is 5.63. The lowest BCUT2D eigenvalue weighted by molar-refractivity contribution is -0.139. The molecule has 0 aliphatic carbocycles. The smallest absolute Gasteiger partial charge is 0.309 e. The highest BCUT2D eigenvalue weighted by atomic mass is 79.9. The second-order valence-electron chi connectivity index (χ2n) is 4.77. The molecular weight excluding hydrogens is 348 g/mol. The van der Waals surface area contributed by atoms with Crippen molar-refractivity contribution in [2.24, 2.45) is 0 Å². The fourth-order valence-electron chi connectivity index (χ4n) is 1.98. The van der Waals surface area contributed by atoms with Gasteiger partial charge in [0.15, 0.2) is 0 Å². The average Bonchev–Trinajstić information content (AvgIpc) is 2.55. The molecule has 116 valence electrons. The largest absolute Gasteiger partial charge is 0.489 e. The van der Waals surface area contributed by atoms with Crippen LogP contribution in [0.1, 0.15) is 16.7 Å². The van der Waals surface area contributed by atoms with Crippen LogP contribution in [0.4, 0.5) is 0 Å². The molecular formula is C17H17BrO4. The number of aliphatic hydroxyl groups excluding tert-OH is 1. The number of carbonyl (C=O) groups is 1. The Morgan fingerprint density at radius 1 is 1.18 bits per heavy atom. The van der Waals surface area contributed by atoms with Gasteiger partial charge in [0, 0.05) is 10.0 Å². The SMILES string of the molecule is COC(=O)Cc1ccc(Br)c(COc2cccc(CO)c2)c1. The first-order valence-electron chi connectivity index (χ1n) is 6.79. The van der Waals surface area contributed by atoms with E-state index in [2.05, 4.69) is 20.7 Å². The van der Waals surface area contributed by atoms with Gasteiger partial charge in [-0.2, -0.15) is 0 Å². The van der Waals surface area contributed by atoms with E-state index in [0.717, 1.165) is 21.2 Å². The van der Waals surface area contributed by atoms with Crippen molar-refractivity contribution >= 4 is 21.9 Å². The lowest BCUT2D eigenvalue weighted by Crippen LogP contribution is -2.05. The van der Waals surface area contributed by atoms with Gasteiger partial charge in [-0.15, -0.1) is 0 Å². The molecule has 22 heavy (non-hydrogen) atoms. The van der Waals surface area contributed by atoms with Crippen molar-refractivity contribution in [2.75, 3.05) is 7.11 Å². The van der Waals surface area contributed by atoms with E-state index in [1.807, 2.05) is 36.4 Å². The normalized spacial score (nSPS) is 10.3. The first-order valence-corrected chi connectivity index (χ1v) is 7.58. The van der Waals surface area contributed by atoms with Crippen molar-refractivity contribution < 1.29 is 19.4 Å². The lowest BCUT2D eigenvalue weighted by Gasteiger charge is -2.10. The molecule has 1 N–H and O–H groups in total. The van der Waals surface area contributed by atoms with Crippen LogP contribution in [0.25, 0.3) is 0 Å². The third kappa shape index (κ3) is 4.58. The topological polar surface area (TPSA) is 55.8 Å². The molecule has 0 bridgehead atoms. The molecule has 0 spiro atoms. The summed E-state index contributed by atoms with van der Waals surface area (Å²) < 4.78 is 11.3. The van der Waals surface area contributed by atoms with E-state index in [1.54, 1.807) is 6.07 Å². The van der Waals surface area contributed by atoms with Gasteiger partial charge in [0.2, 0.25) is 0 Å². The number of esters is 1. The summed E-state index contributed by atoms with van der Waals surface area (Å²) in [5.74, 6) is 0.418. The molecule has 5 heteroatoms. The molecule has 0 saturated carbocycles. The third-order valence-corrected chi connectivity index (χ3v) is 3.94. The molecule has 4 nitrogen and oxygen atoms in total. The highest BCUT2D eigenvalue weighted by Gasteiger charge is 2.07. The first-order chi connectivity index (χ1) is 10.6. The molecule has 0 fully saturated rings. The van der Waals surface area contributed by atoms with E-state index in [1.165, 1.54) is 7.11 Å². The Bertz CT molecular complexity index is 655. The van der Waals surface area contributed by atoms with Crippen molar-refractivity contribution in [3.8, 4) is 5.75 Å². The molecule has 2 rings (SSSR count). The summed E-state index contributed by atoms with van der Waals surface area (Å²) in [5, 5.41) is 9.13. The first kappa shape index (κ1) is 16.5. The summed E-state index contributed by atoms with van der Waals surface area (Å²) in [6.45, 7) is 0.347. The predicted octanol–water partition coefficient (Wildman–Crippen LogP) is 3.24. The molecule has 0 aromatic heterocycles. The van der Waals surface area contributed by atoms with Crippen LogP contribution in [-0.2, 0) is 29.2 Å². The molecule has 0 heterocycles. The maximum Gasteiger partial charge on any atom is 0.309 e. The van der Waals surface area contributed by atoms with Gasteiger partial charge in [0.25, 0.3) is 0 Å². The van der Waals surface area contributed by atoms with Crippen LogP contribution < -0.4 is 4.74 Å². The fraction of sp³-hybridized carbons (Fsp3) is 0.235. The van der Waals surface area contributed by atoms with E-state index in [-0.39, 0.29) is 19.0 Å². The number of aliphatic hydroxyl groups is 1. The number of ether oxygens (including phenoxy) is 2. The van der Waals surface area contributed by atoms with Crippen LogP contribution in [-0.4, -0.2) is 18.2 Å². The van der Waals surface area contributed by atoms with Gasteiger partial charge in [-0.3, -0.25) is 4.79 Å². The minimum absolute atomic E-state index is 0.0183. The molecule has 0 aliphatic rings. The quantitative estimate of drug-likeness (QED) is 0.799. The van der Waals surface area contributed by atoms with Crippen LogP contribution in [0.2, 0.25) is 0 Å². The average molecular weight is 365 g/mol. The van der Waals surface area contributed by atoms with E-state index in [9.17, 15) is 4.79 Å². The number of hydrogen-bond acceptors (Lipinski definition) is 4. The van der Waals surface area contributed by atoms with Crippen molar-refractivity contribution in [2.45, 2.75) is 19.6 Å². The van der Waals surface area contributed by atoms with E-state index >= 15 is 0 Å². The Balaban J connectivity index is 2.08. The van der Waals surface area contributed by atoms with Crippen molar-refractivity contribution in [3.05, 3.63) is 63.6 Å². The third-order valence-electron chi connectivity index (χ3n) is 3.16. The van der Waals surface area contributed by atoms with Gasteiger partial charge in [-0.05, 0) is 29.3 Å². The Hall–Kier alpha value is -1.85. The summed E-state index contributed by atoms with van der Waals surface area (Å²) in [7, 11) is 1.37. The Kier molecular flexibility index (Phi) is 5.98. The zero-order chi connectivity index (χ0) is 15.9. The fourth-order valence-corrected chi connectivity index (χ4v) is 2.34. The van der Waals surface area contributed by atoms with Crippen LogP contribution in [0.5, 0.6) is 5.75 Å². The maximum atomic E-state index is 11.3. The summed E-state index contributed by atoms with van der Waals surface area (Å²) in [6.07, 6.45) is 0.233. The minimum Gasteiger partial charge on any atom is -0.489 e. The van der Waals surface area contributed by atoms with E-state index in [0.29, 0.717) is 12.4 Å². The highest BCUT2D eigenvalue weighted by molar-refractivity contribution is 9.10. The monoisotopic (exact) mass is 364 g/mol. The van der Waals surface area contributed by atoms with Crippen molar-refractivity contribution in [1.29, 1.82) is 0 Å². The predicted molar refractivity (Wildman–Crippen MR) is 86.6 cm³/mol. The van der Waals surface area contributed by atoms with Crippen LogP contribution in [0, 0.1) is 0 Å². The molecule has 0 saturated heterocycles. The number of benzene rings is 2. The summed E-state index contributed by atoms with van der Waals surface area (Å²) in [6, 6.07) is 13.0. The molecule has 2 aromatic carbocycles. The molecule has 2 aromatic rings. The Morgan fingerprint density at radius 3 is 2.73 bits per heavy atom. The van der Waals surface area contributed by atoms with Gasteiger partial charge >= 0.3 is 5.97 Å². The molecule has 0 aliphatic heterocycles. The van der Waals surface area contributed by atoms with Gasteiger partial charge < -0.3 is 14.6 Å². The van der Waals surface area contributed by atoms with Crippen molar-refractivity contribution in [1.82, 2.24) is 0 Å². The Labute approximate surface area is 137 Å². The zero-order valence-electron chi connectivity index (χ0n) is 12.2. The molecule has 0 atom stereocenters. The highest BCUT2D eigenvalue weighted by Crippen LogP contribution is 2.22. The number of rotatable bonds is 6. The minimum atomic E-state index is -0.273. The van der Waals surface area contributed by atoms with E-state index in [4.69, 9.17) is 9.84 Å². The Morgan fingerprint density at radius 2 is 2.00 bits per heavy atom. The molecule has 0 amide bonds. The summed E-state index contributed by atoms with van der Waals surface area (Å²) in [5.41, 5.74) is 2.62. The summed E-state index contributed by atoms with van der Waals surface area (Å²) >= 11 is 3.48. The standard InChI is InChI=1S/C17H17BrO4/c1-21-17(20)9-12-5-6-16(18)14(7-12)11-22-15-4-2-3-13(8-15)10-19/h2-8,19H,9-11H2,1H3. The number of hydrogen-bond donors (Lipinski definition) is 1. The second kappa shape index (κ2) is 7.96. The number of carbonyl (C=O) groups excluding carboxylic acids is 1. The van der Waals surface area contributed by atoms with Crippen LogP contribution >= 0.6 is 15.9 Å². The van der Waals surface area contributed by atoms with Crippen LogP contribution in [0.15, 0.2) is 46.9 Å². The van der Waals surface area contributed by atoms with E-state index < -0.39 is 0 Å². The van der Waals surface area contributed by atoms with Gasteiger partial charge in [-0.25, -0.2) is 0 Å². The maximum absolute atomic E-state index is 11.3. The summed E-state index contributed by atoms with van der Waals surface area (Å²) in [4.78, 5) is 11.3. The van der Waals surface area contributed by atoms with Crippen molar-refractivity contribution in [3.63, 3.8) is 0 Å². The molecule has 0 unspecified atom stereocenters. The number of methoxy groups -OCH3 is 1. The number of halogens is 1. The van der Waals surface area contributed by atoms with Gasteiger partial charge in [0.05, 0.1) is 20.1 Å². The lowest BCUT2D eigenvalue weighted by atomic mass is 10.1. The molecule has 0 radical (unpaired) electrons. The van der Waals surface area contributed by atoms with Gasteiger partial charge in [-0.1, -0.05) is 40.2 Å². The van der Waals surface area contributed by atoms with Crippen LogP contribution in [0.3, 0.4) is 0 Å². The van der Waals surface area contributed by atoms with Gasteiger partial charge in [0.1, 0.15) is 12.4 Å².